The van der Waals surface area contributed by atoms with Crippen molar-refractivity contribution in [3.63, 3.8) is 0 Å². The van der Waals surface area contributed by atoms with E-state index in [2.05, 4.69) is 9.97 Å². The summed E-state index contributed by atoms with van der Waals surface area (Å²) in [6, 6.07) is 7.64. The van der Waals surface area contributed by atoms with Gasteiger partial charge in [0.25, 0.3) is 0 Å². The van der Waals surface area contributed by atoms with E-state index in [1.54, 1.807) is 6.33 Å². The molecule has 0 saturated carbocycles. The molecule has 2 nitrogen and oxygen atoms in total. The van der Waals surface area contributed by atoms with Crippen molar-refractivity contribution in [1.29, 1.82) is 0 Å². The first kappa shape index (κ1) is 10.3. The summed E-state index contributed by atoms with van der Waals surface area (Å²) < 4.78 is 0.615. The van der Waals surface area contributed by atoms with Gasteiger partial charge in [-0.25, -0.2) is 4.98 Å². The van der Waals surface area contributed by atoms with E-state index in [9.17, 15) is 0 Å². The Balaban J connectivity index is 2.64. The third kappa shape index (κ3) is 2.08. The lowest BCUT2D eigenvalue weighted by Crippen LogP contribution is -1.91. The molecule has 0 saturated heterocycles. The topological polar surface area (TPSA) is 28.7 Å². The lowest BCUT2D eigenvalue weighted by atomic mass is 10.1. The van der Waals surface area contributed by atoms with Crippen LogP contribution in [0.3, 0.4) is 0 Å². The van der Waals surface area contributed by atoms with Crippen molar-refractivity contribution in [2.75, 3.05) is 0 Å². The number of H-pyrrole nitrogens is 1. The van der Waals surface area contributed by atoms with Gasteiger partial charge in [0.05, 0.1) is 12.0 Å². The van der Waals surface area contributed by atoms with Gasteiger partial charge in [0, 0.05) is 10.6 Å². The molecule has 2 rings (SSSR count). The van der Waals surface area contributed by atoms with E-state index in [1.165, 1.54) is 0 Å². The summed E-state index contributed by atoms with van der Waals surface area (Å²) in [5.41, 5.74) is 2.96. The molecule has 0 bridgehead atoms. The fourth-order valence-electron chi connectivity index (χ4n) is 1.41. The highest BCUT2D eigenvalue weighted by Crippen LogP contribution is 2.23. The smallest absolute Gasteiger partial charge is 0.132 e. The number of aromatic amines is 1. The first-order valence-corrected chi connectivity index (χ1v) is 5.27. The van der Waals surface area contributed by atoms with Gasteiger partial charge in [-0.3, -0.25) is 0 Å². The number of rotatable bonds is 1. The number of hydrogen-bond donors (Lipinski definition) is 1. The molecular weight excluding hydrogens is 228 g/mol. The van der Waals surface area contributed by atoms with E-state index >= 15 is 0 Å². The second kappa shape index (κ2) is 4.13. The highest BCUT2D eigenvalue weighted by atomic mass is 35.5. The zero-order chi connectivity index (χ0) is 10.8. The summed E-state index contributed by atoms with van der Waals surface area (Å²) in [6.45, 7) is 1.95. The predicted molar refractivity (Wildman–Crippen MR) is 64.6 cm³/mol. The molecule has 0 aliphatic carbocycles. The maximum Gasteiger partial charge on any atom is 0.132 e. The molecule has 0 aliphatic heterocycles. The summed E-state index contributed by atoms with van der Waals surface area (Å²) >= 11 is 11.0. The molecule has 0 amide bonds. The van der Waals surface area contributed by atoms with E-state index in [0.29, 0.717) is 9.66 Å². The van der Waals surface area contributed by atoms with Crippen LogP contribution in [0, 0.1) is 11.6 Å². The van der Waals surface area contributed by atoms with Crippen LogP contribution in [0.15, 0.2) is 30.6 Å². The van der Waals surface area contributed by atoms with E-state index in [4.69, 9.17) is 23.8 Å². The van der Waals surface area contributed by atoms with Crippen LogP contribution in [0.5, 0.6) is 0 Å². The zero-order valence-corrected chi connectivity index (χ0v) is 9.69. The number of nitrogens with zero attached hydrogens (tertiary/aromatic N) is 1. The maximum absolute atomic E-state index is 5.93. The van der Waals surface area contributed by atoms with Gasteiger partial charge in [-0.15, -0.1) is 0 Å². The van der Waals surface area contributed by atoms with Crippen molar-refractivity contribution in [3.8, 4) is 11.3 Å². The molecule has 1 heterocycles. The van der Waals surface area contributed by atoms with Crippen LogP contribution in [-0.4, -0.2) is 9.97 Å². The molecule has 1 aromatic carbocycles. The number of benzene rings is 1. The summed E-state index contributed by atoms with van der Waals surface area (Å²) in [4.78, 5) is 7.10. The Morgan fingerprint density at radius 2 is 2.20 bits per heavy atom. The van der Waals surface area contributed by atoms with Crippen molar-refractivity contribution in [2.24, 2.45) is 0 Å². The number of halogens is 1. The maximum atomic E-state index is 5.93. The second-order valence-electron chi connectivity index (χ2n) is 3.22. The third-order valence-corrected chi connectivity index (χ3v) is 2.85. The van der Waals surface area contributed by atoms with Crippen LogP contribution in [0.25, 0.3) is 11.3 Å². The van der Waals surface area contributed by atoms with Crippen LogP contribution in [-0.2, 0) is 0 Å². The van der Waals surface area contributed by atoms with Gasteiger partial charge < -0.3 is 4.98 Å². The summed E-state index contributed by atoms with van der Waals surface area (Å²) in [5, 5.41) is 0.711. The third-order valence-electron chi connectivity index (χ3n) is 2.20. The first-order chi connectivity index (χ1) is 7.18. The average Bonchev–Trinajstić information content (AvgIpc) is 2.22. The Kier molecular flexibility index (Phi) is 2.84. The van der Waals surface area contributed by atoms with E-state index in [-0.39, 0.29) is 0 Å². The van der Waals surface area contributed by atoms with E-state index in [0.717, 1.165) is 16.8 Å². The minimum Gasteiger partial charge on any atom is -0.346 e. The van der Waals surface area contributed by atoms with Crippen LogP contribution >= 0.6 is 23.8 Å². The lowest BCUT2D eigenvalue weighted by molar-refractivity contribution is 1.12. The molecule has 0 fully saturated rings. The molecule has 76 valence electrons. The van der Waals surface area contributed by atoms with Crippen LogP contribution in [0.4, 0.5) is 0 Å². The predicted octanol–water partition coefficient (Wildman–Crippen LogP) is 3.77. The summed E-state index contributed by atoms with van der Waals surface area (Å²) in [5.74, 6) is 0. The molecular formula is C11H9ClN2S. The SMILES string of the molecule is Cc1c(-c2cccc(Cl)c2)[nH]cnc1=S. The minimum atomic E-state index is 0.615. The monoisotopic (exact) mass is 236 g/mol. The van der Waals surface area contributed by atoms with Crippen LogP contribution in [0.1, 0.15) is 5.56 Å². The van der Waals surface area contributed by atoms with Gasteiger partial charge in [-0.1, -0.05) is 36.0 Å². The Bertz CT molecular complexity index is 548. The highest BCUT2D eigenvalue weighted by molar-refractivity contribution is 7.71. The summed E-state index contributed by atoms with van der Waals surface area (Å²) in [7, 11) is 0. The van der Waals surface area contributed by atoms with Gasteiger partial charge in [0.1, 0.15) is 4.64 Å². The van der Waals surface area contributed by atoms with Crippen molar-refractivity contribution >= 4 is 23.8 Å². The standard InChI is InChI=1S/C11H9ClN2S/c1-7-10(13-6-14-11(7)15)8-3-2-4-9(12)5-8/h2-6H,1H3,(H,13,14,15). The summed E-state index contributed by atoms with van der Waals surface area (Å²) in [6.07, 6.45) is 1.60. The minimum absolute atomic E-state index is 0.615. The van der Waals surface area contributed by atoms with Crippen molar-refractivity contribution in [3.05, 3.63) is 45.8 Å². The van der Waals surface area contributed by atoms with Gasteiger partial charge in [-0.05, 0) is 24.6 Å². The van der Waals surface area contributed by atoms with Gasteiger partial charge >= 0.3 is 0 Å². The molecule has 4 heteroatoms. The Hall–Kier alpha value is -1.19. The van der Waals surface area contributed by atoms with Crippen LogP contribution in [0.2, 0.25) is 5.02 Å². The highest BCUT2D eigenvalue weighted by Gasteiger charge is 2.03. The van der Waals surface area contributed by atoms with Gasteiger partial charge in [-0.2, -0.15) is 0 Å². The molecule has 0 radical (unpaired) electrons. The second-order valence-corrected chi connectivity index (χ2v) is 4.04. The molecule has 0 atom stereocenters. The van der Waals surface area contributed by atoms with Crippen LogP contribution < -0.4 is 0 Å². The fourth-order valence-corrected chi connectivity index (χ4v) is 1.76. The van der Waals surface area contributed by atoms with Crippen molar-refractivity contribution in [1.82, 2.24) is 9.97 Å². The molecule has 1 N–H and O–H groups in total. The number of nitrogens with one attached hydrogen (secondary N) is 1. The van der Waals surface area contributed by atoms with Crippen molar-refractivity contribution < 1.29 is 0 Å². The Morgan fingerprint density at radius 1 is 1.40 bits per heavy atom. The number of hydrogen-bond acceptors (Lipinski definition) is 2. The molecule has 0 aliphatic rings. The van der Waals surface area contributed by atoms with Crippen molar-refractivity contribution in [2.45, 2.75) is 6.92 Å². The molecule has 0 spiro atoms. The van der Waals surface area contributed by atoms with Gasteiger partial charge in [0.2, 0.25) is 0 Å². The fraction of sp³-hybridized carbons (Fsp3) is 0.0909. The molecule has 2 aromatic rings. The molecule has 1 aromatic heterocycles. The Morgan fingerprint density at radius 3 is 2.93 bits per heavy atom. The van der Waals surface area contributed by atoms with E-state index < -0.39 is 0 Å². The Labute approximate surface area is 98.0 Å². The molecule has 0 unspecified atom stereocenters. The van der Waals surface area contributed by atoms with Gasteiger partial charge in [0.15, 0.2) is 0 Å². The zero-order valence-electron chi connectivity index (χ0n) is 8.12. The largest absolute Gasteiger partial charge is 0.346 e. The quantitative estimate of drug-likeness (QED) is 0.764. The number of aromatic nitrogens is 2. The molecule has 15 heavy (non-hydrogen) atoms. The normalized spacial score (nSPS) is 10.3. The lowest BCUT2D eigenvalue weighted by Gasteiger charge is -2.05. The average molecular weight is 237 g/mol. The van der Waals surface area contributed by atoms with E-state index in [1.807, 2.05) is 31.2 Å². The first-order valence-electron chi connectivity index (χ1n) is 4.48.